The van der Waals surface area contributed by atoms with Crippen LogP contribution >= 0.6 is 11.6 Å². The molecule has 2 atom stereocenters. The number of aromatic carboxylic acids is 1. The lowest BCUT2D eigenvalue weighted by Crippen LogP contribution is -2.20. The summed E-state index contributed by atoms with van der Waals surface area (Å²) in [6.07, 6.45) is 2.23. The topological polar surface area (TPSA) is 77.8 Å². The zero-order valence-corrected chi connectivity index (χ0v) is 16.7. The van der Waals surface area contributed by atoms with E-state index in [1.165, 1.54) is 12.3 Å². The highest BCUT2D eigenvalue weighted by atomic mass is 35.5. The average Bonchev–Trinajstić information content (AvgIpc) is 3.21. The molecule has 1 aromatic carbocycles. The third-order valence-corrected chi connectivity index (χ3v) is 6.14. The zero-order chi connectivity index (χ0) is 20.2. The number of hydrogen-bond donors (Lipinski definition) is 1. The van der Waals surface area contributed by atoms with E-state index >= 15 is 0 Å². The van der Waals surface area contributed by atoms with Crippen LogP contribution in [0.15, 0.2) is 29.2 Å². The van der Waals surface area contributed by atoms with Crippen molar-refractivity contribution in [3.05, 3.63) is 50.8 Å². The summed E-state index contributed by atoms with van der Waals surface area (Å²) in [7, 11) is 1.65. The molecule has 2 heterocycles. The number of halogens is 1. The van der Waals surface area contributed by atoms with E-state index in [4.69, 9.17) is 21.1 Å². The molecule has 2 aliphatic rings. The van der Waals surface area contributed by atoms with Crippen molar-refractivity contribution in [1.29, 1.82) is 0 Å². The molecule has 0 bridgehead atoms. The number of ether oxygens (including phenoxy) is 2. The van der Waals surface area contributed by atoms with Crippen LogP contribution < -0.4 is 10.2 Å². The molecule has 0 saturated heterocycles. The number of benzene rings is 1. The van der Waals surface area contributed by atoms with Gasteiger partial charge in [0.05, 0.1) is 17.3 Å². The van der Waals surface area contributed by atoms with Gasteiger partial charge in [-0.05, 0) is 23.1 Å². The number of fused-ring (bicyclic) bond motifs is 6. The van der Waals surface area contributed by atoms with Gasteiger partial charge < -0.3 is 19.1 Å². The van der Waals surface area contributed by atoms with Crippen molar-refractivity contribution in [1.82, 2.24) is 4.57 Å². The third kappa shape index (κ3) is 2.83. The Morgan fingerprint density at radius 1 is 1.29 bits per heavy atom. The maximum atomic E-state index is 12.3. The number of carboxylic acid groups (broad SMARTS) is 1. The van der Waals surface area contributed by atoms with Crippen molar-refractivity contribution in [3.63, 3.8) is 0 Å². The van der Waals surface area contributed by atoms with Gasteiger partial charge in [0.2, 0.25) is 0 Å². The zero-order valence-electron chi connectivity index (χ0n) is 16.0. The number of carboxylic acids is 1. The van der Waals surface area contributed by atoms with E-state index in [9.17, 15) is 14.7 Å². The van der Waals surface area contributed by atoms with Gasteiger partial charge in [-0.2, -0.15) is 0 Å². The quantitative estimate of drug-likeness (QED) is 0.738. The van der Waals surface area contributed by atoms with E-state index in [1.54, 1.807) is 7.11 Å². The van der Waals surface area contributed by atoms with E-state index in [0.717, 1.165) is 17.5 Å². The number of pyridine rings is 1. The second-order valence-corrected chi connectivity index (χ2v) is 8.36. The summed E-state index contributed by atoms with van der Waals surface area (Å²) in [6.45, 7) is 5.41. The number of methoxy groups -OCH3 is 1. The number of carbonyl (C=O) groups is 1. The number of aromatic nitrogens is 1. The molecule has 0 amide bonds. The Balaban J connectivity index is 1.81. The first-order valence-electron chi connectivity index (χ1n) is 9.22. The molecule has 1 N–H and O–H groups in total. The fraction of sp³-hybridized carbons (Fsp3) is 0.429. The van der Waals surface area contributed by atoms with E-state index in [2.05, 4.69) is 13.8 Å². The van der Waals surface area contributed by atoms with Crippen LogP contribution in [0, 0.1) is 5.41 Å². The predicted molar refractivity (Wildman–Crippen MR) is 106 cm³/mol. The Labute approximate surface area is 167 Å². The van der Waals surface area contributed by atoms with Crippen LogP contribution in [-0.4, -0.2) is 36.0 Å². The largest absolute Gasteiger partial charge is 0.492 e. The fourth-order valence-electron chi connectivity index (χ4n) is 4.40. The molecule has 0 spiro atoms. The van der Waals surface area contributed by atoms with E-state index in [1.807, 2.05) is 16.7 Å². The molecule has 1 fully saturated rings. The maximum Gasteiger partial charge on any atom is 0.341 e. The summed E-state index contributed by atoms with van der Waals surface area (Å²) in [5.41, 5.74) is 1.87. The molecule has 4 rings (SSSR count). The van der Waals surface area contributed by atoms with Gasteiger partial charge in [-0.25, -0.2) is 4.79 Å². The molecule has 1 aliphatic carbocycles. The summed E-state index contributed by atoms with van der Waals surface area (Å²) in [6, 6.07) is 5.29. The Hall–Kier alpha value is -2.31. The van der Waals surface area contributed by atoms with Gasteiger partial charge in [-0.1, -0.05) is 25.4 Å². The highest BCUT2D eigenvalue weighted by molar-refractivity contribution is 6.32. The van der Waals surface area contributed by atoms with Crippen molar-refractivity contribution >= 4 is 17.6 Å². The van der Waals surface area contributed by atoms with Crippen molar-refractivity contribution in [2.24, 2.45) is 5.41 Å². The molecule has 1 aliphatic heterocycles. The second kappa shape index (κ2) is 6.64. The summed E-state index contributed by atoms with van der Waals surface area (Å²) < 4.78 is 12.8. The van der Waals surface area contributed by atoms with Crippen LogP contribution in [0.3, 0.4) is 0 Å². The lowest BCUT2D eigenvalue weighted by molar-refractivity contribution is 0.0694. The van der Waals surface area contributed by atoms with Gasteiger partial charge in [0, 0.05) is 49.9 Å². The van der Waals surface area contributed by atoms with E-state index in [0.29, 0.717) is 29.7 Å². The smallest absolute Gasteiger partial charge is 0.341 e. The second-order valence-electron chi connectivity index (χ2n) is 7.96. The summed E-state index contributed by atoms with van der Waals surface area (Å²) >= 11 is 6.46. The molecule has 0 unspecified atom stereocenters. The fourth-order valence-corrected chi connectivity index (χ4v) is 4.62. The Kier molecular flexibility index (Phi) is 4.51. The maximum absolute atomic E-state index is 12.3. The number of hydrogen-bond acceptors (Lipinski definition) is 4. The van der Waals surface area contributed by atoms with Gasteiger partial charge in [0.25, 0.3) is 0 Å². The lowest BCUT2D eigenvalue weighted by Gasteiger charge is -2.23. The number of rotatable bonds is 6. The molecule has 6 nitrogen and oxygen atoms in total. The molecule has 2 aromatic rings. The van der Waals surface area contributed by atoms with Crippen molar-refractivity contribution in [3.8, 4) is 17.0 Å². The van der Waals surface area contributed by atoms with Crippen molar-refractivity contribution < 1.29 is 19.4 Å². The highest BCUT2D eigenvalue weighted by Crippen LogP contribution is 2.71. The molecule has 0 radical (unpaired) electrons. The first-order valence-corrected chi connectivity index (χ1v) is 9.60. The third-order valence-electron chi connectivity index (χ3n) is 5.85. The van der Waals surface area contributed by atoms with Gasteiger partial charge in [0.15, 0.2) is 5.43 Å². The summed E-state index contributed by atoms with van der Waals surface area (Å²) in [5, 5.41) is 9.80. The Bertz CT molecular complexity index is 1030. The van der Waals surface area contributed by atoms with Crippen LogP contribution in [0.2, 0.25) is 5.02 Å². The molecule has 1 aromatic heterocycles. The first kappa shape index (κ1) is 19.0. The average molecular weight is 404 g/mol. The molecular weight excluding hydrogens is 382 g/mol. The van der Waals surface area contributed by atoms with Crippen LogP contribution in [0.5, 0.6) is 5.75 Å². The van der Waals surface area contributed by atoms with E-state index < -0.39 is 11.4 Å². The van der Waals surface area contributed by atoms with Crippen LogP contribution in [-0.2, 0) is 4.74 Å². The van der Waals surface area contributed by atoms with Gasteiger partial charge in [0.1, 0.15) is 11.3 Å². The summed E-state index contributed by atoms with van der Waals surface area (Å²) in [5.74, 6) is -0.382. The molecular formula is C21H22ClNO5. The van der Waals surface area contributed by atoms with Gasteiger partial charge in [-0.15, -0.1) is 0 Å². The minimum absolute atomic E-state index is 0.0635. The van der Waals surface area contributed by atoms with E-state index in [-0.39, 0.29) is 22.9 Å². The molecule has 7 heteroatoms. The minimum Gasteiger partial charge on any atom is -0.492 e. The molecule has 148 valence electrons. The SMILES string of the molecule is COCCCOc1cc2c(cc1Cl)-c1cc(=O)c(C(=O)O)cn1[C@H]1[C@@H]2C1(C)C. The first-order chi connectivity index (χ1) is 13.3. The molecule has 1 saturated carbocycles. The van der Waals surface area contributed by atoms with Crippen molar-refractivity contribution in [2.75, 3.05) is 20.3 Å². The van der Waals surface area contributed by atoms with Crippen LogP contribution in [0.4, 0.5) is 0 Å². The molecule has 28 heavy (non-hydrogen) atoms. The lowest BCUT2D eigenvalue weighted by atomic mass is 9.94. The normalized spacial score (nSPS) is 20.7. The predicted octanol–water partition coefficient (Wildman–Crippen LogP) is 3.96. The van der Waals surface area contributed by atoms with Crippen molar-refractivity contribution in [2.45, 2.75) is 32.2 Å². The minimum atomic E-state index is -1.21. The Morgan fingerprint density at radius 3 is 2.71 bits per heavy atom. The Morgan fingerprint density at radius 2 is 2.04 bits per heavy atom. The highest BCUT2D eigenvalue weighted by Gasteiger charge is 2.62. The summed E-state index contributed by atoms with van der Waals surface area (Å²) in [4.78, 5) is 23.7. The number of nitrogens with zero attached hydrogens (tertiary/aromatic N) is 1. The van der Waals surface area contributed by atoms with Crippen LogP contribution in [0.25, 0.3) is 11.3 Å². The van der Waals surface area contributed by atoms with Gasteiger partial charge >= 0.3 is 5.97 Å². The van der Waals surface area contributed by atoms with Crippen LogP contribution in [0.1, 0.15) is 48.1 Å². The standard InChI is InChI=1S/C21H22ClNO5/c1-21(2)18-12-8-17(28-6-4-5-27-3)14(22)7-11(12)15-9-16(24)13(20(25)26)10-23(15)19(18)21/h7-10,18-19H,4-6H2,1-3H3,(H,25,26)/t18-,19+/m1/s1. The van der Waals surface area contributed by atoms with Gasteiger partial charge in [-0.3, -0.25) is 4.79 Å². The monoisotopic (exact) mass is 403 g/mol.